The van der Waals surface area contributed by atoms with E-state index in [1.54, 1.807) is 26.4 Å². The van der Waals surface area contributed by atoms with Gasteiger partial charge >= 0.3 is 0 Å². The standard InChI is InChI=1S/C26H30N6O3/c1-30(2)10-5-6-23(33)31-11-9-20(16-31)32-15-19(24-25(27)28-17-29-26(24)32)8-7-18-12-21(34-3)14-22(13-18)35-4/h5-6,12-15,17,20H,9-11,16H2,1-4H3,(H2,27,28,29)/b6-5+. The molecule has 1 fully saturated rings. The summed E-state index contributed by atoms with van der Waals surface area (Å²) < 4.78 is 12.8. The van der Waals surface area contributed by atoms with Gasteiger partial charge in [-0.3, -0.25) is 4.79 Å². The van der Waals surface area contributed by atoms with Crippen LogP contribution in [0.15, 0.2) is 42.9 Å². The van der Waals surface area contributed by atoms with Crippen molar-refractivity contribution in [2.75, 3.05) is 53.7 Å². The van der Waals surface area contributed by atoms with Gasteiger partial charge in [-0.1, -0.05) is 17.9 Å². The molecular weight excluding hydrogens is 444 g/mol. The molecule has 1 aliphatic rings. The van der Waals surface area contributed by atoms with Crippen LogP contribution < -0.4 is 15.2 Å². The molecule has 3 aromatic rings. The molecule has 1 atom stereocenters. The van der Waals surface area contributed by atoms with Crippen LogP contribution in [-0.4, -0.2) is 78.2 Å². The molecule has 1 aromatic carbocycles. The highest BCUT2D eigenvalue weighted by Crippen LogP contribution is 2.31. The summed E-state index contributed by atoms with van der Waals surface area (Å²) in [6.07, 6.45) is 7.77. The number of ether oxygens (including phenoxy) is 2. The van der Waals surface area contributed by atoms with Gasteiger partial charge in [0.25, 0.3) is 0 Å². The number of carbonyl (C=O) groups excluding carboxylic acids is 1. The van der Waals surface area contributed by atoms with Crippen molar-refractivity contribution in [3.8, 4) is 23.3 Å². The van der Waals surface area contributed by atoms with Crippen molar-refractivity contribution in [3.63, 3.8) is 0 Å². The lowest BCUT2D eigenvalue weighted by Crippen LogP contribution is -2.27. The van der Waals surface area contributed by atoms with Gasteiger partial charge in [-0.15, -0.1) is 0 Å². The van der Waals surface area contributed by atoms with E-state index in [4.69, 9.17) is 15.2 Å². The SMILES string of the molecule is COc1cc(C#Cc2cn(C3CCN(C(=O)/C=C/CN(C)C)C3)c3ncnc(N)c23)cc(OC)c1. The van der Waals surface area contributed by atoms with Gasteiger partial charge in [0.2, 0.25) is 5.91 Å². The molecule has 0 radical (unpaired) electrons. The maximum atomic E-state index is 12.6. The molecule has 1 unspecified atom stereocenters. The van der Waals surface area contributed by atoms with Crippen LogP contribution in [0.25, 0.3) is 11.0 Å². The van der Waals surface area contributed by atoms with Gasteiger partial charge in [0.1, 0.15) is 29.3 Å². The number of fused-ring (bicyclic) bond motifs is 1. The first-order chi connectivity index (χ1) is 16.9. The number of anilines is 1. The largest absolute Gasteiger partial charge is 0.497 e. The van der Waals surface area contributed by atoms with Crippen molar-refractivity contribution in [1.82, 2.24) is 24.3 Å². The van der Waals surface area contributed by atoms with Gasteiger partial charge in [-0.25, -0.2) is 9.97 Å². The highest BCUT2D eigenvalue weighted by atomic mass is 16.5. The van der Waals surface area contributed by atoms with Crippen LogP contribution in [0.1, 0.15) is 23.6 Å². The Morgan fingerprint density at radius 1 is 1.20 bits per heavy atom. The maximum Gasteiger partial charge on any atom is 0.246 e. The van der Waals surface area contributed by atoms with Gasteiger partial charge in [0.15, 0.2) is 0 Å². The fourth-order valence-electron chi connectivity index (χ4n) is 4.14. The Balaban J connectivity index is 1.63. The zero-order valence-corrected chi connectivity index (χ0v) is 20.5. The van der Waals surface area contributed by atoms with E-state index in [0.717, 1.165) is 24.1 Å². The molecule has 0 aliphatic carbocycles. The minimum absolute atomic E-state index is 0.0203. The van der Waals surface area contributed by atoms with Crippen molar-refractivity contribution < 1.29 is 14.3 Å². The third-order valence-corrected chi connectivity index (χ3v) is 5.93. The highest BCUT2D eigenvalue weighted by Gasteiger charge is 2.28. The topological polar surface area (TPSA) is 98.7 Å². The second kappa shape index (κ2) is 10.5. The van der Waals surface area contributed by atoms with Crippen molar-refractivity contribution in [3.05, 3.63) is 54.0 Å². The summed E-state index contributed by atoms with van der Waals surface area (Å²) in [4.78, 5) is 25.2. The molecule has 9 heteroatoms. The molecule has 1 amide bonds. The number of benzene rings is 1. The van der Waals surface area contributed by atoms with Crippen LogP contribution in [0.4, 0.5) is 5.82 Å². The average Bonchev–Trinajstić information content (AvgIpc) is 3.48. The number of methoxy groups -OCH3 is 2. The smallest absolute Gasteiger partial charge is 0.246 e. The Labute approximate surface area is 205 Å². The van der Waals surface area contributed by atoms with Gasteiger partial charge in [0.05, 0.1) is 31.2 Å². The lowest BCUT2D eigenvalue weighted by molar-refractivity contribution is -0.125. The number of rotatable bonds is 6. The lowest BCUT2D eigenvalue weighted by atomic mass is 10.1. The summed E-state index contributed by atoms with van der Waals surface area (Å²) in [5.74, 6) is 8.12. The number of aromatic nitrogens is 3. The van der Waals surface area contributed by atoms with Crippen molar-refractivity contribution in [2.24, 2.45) is 0 Å². The molecule has 2 N–H and O–H groups in total. The van der Waals surface area contributed by atoms with Crippen molar-refractivity contribution >= 4 is 22.8 Å². The Hall–Kier alpha value is -4.03. The molecule has 4 rings (SSSR count). The zero-order valence-electron chi connectivity index (χ0n) is 20.5. The van der Waals surface area contributed by atoms with E-state index < -0.39 is 0 Å². The van der Waals surface area contributed by atoms with Gasteiger partial charge in [-0.2, -0.15) is 0 Å². The number of amides is 1. The fraction of sp³-hybridized carbons (Fsp3) is 0.346. The minimum atomic E-state index is 0.0203. The molecule has 35 heavy (non-hydrogen) atoms. The minimum Gasteiger partial charge on any atom is -0.497 e. The van der Waals surface area contributed by atoms with E-state index in [2.05, 4.69) is 26.4 Å². The molecule has 0 saturated carbocycles. The number of likely N-dealkylation sites (tertiary alicyclic amines) is 1. The van der Waals surface area contributed by atoms with Crippen LogP contribution in [0.2, 0.25) is 0 Å². The Kier molecular flexibility index (Phi) is 7.22. The summed E-state index contributed by atoms with van der Waals surface area (Å²) in [6.45, 7) is 2.00. The maximum absolute atomic E-state index is 12.6. The first kappa shape index (κ1) is 24.1. The first-order valence-corrected chi connectivity index (χ1v) is 11.4. The molecule has 182 valence electrons. The Bertz CT molecular complexity index is 1300. The summed E-state index contributed by atoms with van der Waals surface area (Å²) in [5, 5.41) is 0.713. The van der Waals surface area contributed by atoms with Gasteiger partial charge in [0, 0.05) is 43.5 Å². The van der Waals surface area contributed by atoms with E-state index in [9.17, 15) is 4.79 Å². The fourth-order valence-corrected chi connectivity index (χ4v) is 4.14. The average molecular weight is 475 g/mol. The van der Waals surface area contributed by atoms with Gasteiger partial charge in [-0.05, 0) is 32.6 Å². The summed E-state index contributed by atoms with van der Waals surface area (Å²) in [7, 11) is 7.14. The number of likely N-dealkylation sites (N-methyl/N-ethyl adjacent to an activating group) is 1. The number of nitrogens with two attached hydrogens (primary N) is 1. The Morgan fingerprint density at radius 2 is 1.94 bits per heavy atom. The summed E-state index contributed by atoms with van der Waals surface area (Å²) >= 11 is 0. The summed E-state index contributed by atoms with van der Waals surface area (Å²) in [6, 6.07) is 5.56. The number of hydrogen-bond donors (Lipinski definition) is 1. The van der Waals surface area contributed by atoms with Crippen LogP contribution >= 0.6 is 0 Å². The molecule has 1 saturated heterocycles. The van der Waals surface area contributed by atoms with E-state index in [1.165, 1.54) is 6.33 Å². The third kappa shape index (κ3) is 5.39. The molecule has 0 spiro atoms. The Morgan fingerprint density at radius 3 is 2.63 bits per heavy atom. The molecular formula is C26H30N6O3. The molecule has 1 aliphatic heterocycles. The second-order valence-corrected chi connectivity index (χ2v) is 8.65. The van der Waals surface area contributed by atoms with E-state index in [-0.39, 0.29) is 11.9 Å². The van der Waals surface area contributed by atoms with Crippen LogP contribution in [0.3, 0.4) is 0 Å². The quantitative estimate of drug-likeness (QED) is 0.432. The highest BCUT2D eigenvalue weighted by molar-refractivity contribution is 5.92. The molecule has 0 bridgehead atoms. The normalized spacial score (nSPS) is 15.6. The van der Waals surface area contributed by atoms with E-state index in [0.29, 0.717) is 41.4 Å². The van der Waals surface area contributed by atoms with Crippen LogP contribution in [-0.2, 0) is 4.79 Å². The van der Waals surface area contributed by atoms with E-state index >= 15 is 0 Å². The van der Waals surface area contributed by atoms with E-state index in [1.807, 2.05) is 48.3 Å². The summed E-state index contributed by atoms with van der Waals surface area (Å²) in [5.41, 5.74) is 8.43. The second-order valence-electron chi connectivity index (χ2n) is 8.65. The number of nitrogen functional groups attached to an aromatic ring is 1. The molecule has 9 nitrogen and oxygen atoms in total. The van der Waals surface area contributed by atoms with Crippen LogP contribution in [0, 0.1) is 11.8 Å². The third-order valence-electron chi connectivity index (χ3n) is 5.93. The van der Waals surface area contributed by atoms with Gasteiger partial charge < -0.3 is 29.6 Å². The molecule has 2 aromatic heterocycles. The number of nitrogens with zero attached hydrogens (tertiary/aromatic N) is 5. The lowest BCUT2D eigenvalue weighted by Gasteiger charge is -2.16. The monoisotopic (exact) mass is 474 g/mol. The zero-order chi connectivity index (χ0) is 24.9. The van der Waals surface area contributed by atoms with Crippen molar-refractivity contribution in [2.45, 2.75) is 12.5 Å². The first-order valence-electron chi connectivity index (χ1n) is 11.4. The predicted octanol–water partition coefficient (Wildman–Crippen LogP) is 2.32. The molecule has 3 heterocycles. The predicted molar refractivity (Wildman–Crippen MR) is 135 cm³/mol. The number of carbonyl (C=O) groups is 1. The van der Waals surface area contributed by atoms with Crippen molar-refractivity contribution in [1.29, 1.82) is 0 Å². The number of hydrogen-bond acceptors (Lipinski definition) is 7. The van der Waals surface area contributed by atoms with Crippen LogP contribution in [0.5, 0.6) is 11.5 Å².